The van der Waals surface area contributed by atoms with Crippen molar-refractivity contribution < 1.29 is 18.0 Å². The summed E-state index contributed by atoms with van der Waals surface area (Å²) >= 11 is 6.16. The first-order valence-electron chi connectivity index (χ1n) is 9.13. The number of nitrogens with zero attached hydrogens (tertiary/aromatic N) is 2. The van der Waals surface area contributed by atoms with Gasteiger partial charge in [0, 0.05) is 38.3 Å². The lowest BCUT2D eigenvalue weighted by atomic mass is 10.1. The maximum Gasteiger partial charge on any atom is 0.255 e. The van der Waals surface area contributed by atoms with Crippen LogP contribution in [-0.4, -0.2) is 56.6 Å². The fourth-order valence-electron chi connectivity index (χ4n) is 3.08. The van der Waals surface area contributed by atoms with E-state index in [0.717, 1.165) is 12.8 Å². The second kappa shape index (κ2) is 8.52. The minimum absolute atomic E-state index is 0.0784. The normalized spacial score (nSPS) is 14.6. The van der Waals surface area contributed by atoms with Crippen molar-refractivity contribution in [2.45, 2.75) is 17.7 Å². The van der Waals surface area contributed by atoms with Gasteiger partial charge in [-0.25, -0.2) is 8.42 Å². The van der Waals surface area contributed by atoms with Crippen LogP contribution in [0, 0.1) is 0 Å². The predicted molar refractivity (Wildman–Crippen MR) is 112 cm³/mol. The molecule has 0 spiro atoms. The summed E-state index contributed by atoms with van der Waals surface area (Å²) in [6.07, 6.45) is 1.67. The van der Waals surface area contributed by atoms with E-state index in [-0.39, 0.29) is 27.1 Å². The van der Waals surface area contributed by atoms with Crippen molar-refractivity contribution in [3.63, 3.8) is 0 Å². The second-order valence-corrected chi connectivity index (χ2v) is 9.33. The van der Waals surface area contributed by atoms with Gasteiger partial charge in [-0.15, -0.1) is 0 Å². The van der Waals surface area contributed by atoms with Crippen LogP contribution in [-0.2, 0) is 10.0 Å². The highest BCUT2D eigenvalue weighted by Gasteiger charge is 2.27. The van der Waals surface area contributed by atoms with Crippen LogP contribution in [0.1, 0.15) is 33.6 Å². The number of hydrogen-bond acceptors (Lipinski definition) is 4. The zero-order valence-corrected chi connectivity index (χ0v) is 17.8. The Balaban J connectivity index is 1.85. The van der Waals surface area contributed by atoms with E-state index in [1.807, 2.05) is 0 Å². The molecule has 0 aromatic heterocycles. The third kappa shape index (κ3) is 4.60. The number of nitrogens with one attached hydrogen (secondary N) is 1. The lowest BCUT2D eigenvalue weighted by Gasteiger charge is -2.16. The van der Waals surface area contributed by atoms with E-state index in [1.54, 1.807) is 20.2 Å². The Bertz CT molecular complexity index is 1050. The molecule has 9 heteroatoms. The summed E-state index contributed by atoms with van der Waals surface area (Å²) in [5.74, 6) is -0.740. The first-order chi connectivity index (χ1) is 13.7. The van der Waals surface area contributed by atoms with Crippen LogP contribution in [0.2, 0.25) is 5.02 Å². The number of carbonyl (C=O) groups is 2. The van der Waals surface area contributed by atoms with E-state index in [9.17, 15) is 18.0 Å². The summed E-state index contributed by atoms with van der Waals surface area (Å²) in [4.78, 5) is 26.3. The lowest BCUT2D eigenvalue weighted by molar-refractivity contribution is 0.0827. The highest BCUT2D eigenvalue weighted by molar-refractivity contribution is 7.89. The number of anilines is 1. The van der Waals surface area contributed by atoms with Crippen LogP contribution in [0.4, 0.5) is 5.69 Å². The summed E-state index contributed by atoms with van der Waals surface area (Å²) in [5.41, 5.74) is 0.836. The summed E-state index contributed by atoms with van der Waals surface area (Å²) in [5, 5.41) is 2.93. The van der Waals surface area contributed by atoms with E-state index >= 15 is 0 Å². The molecule has 1 fully saturated rings. The molecule has 1 aliphatic rings. The first-order valence-corrected chi connectivity index (χ1v) is 10.9. The zero-order chi connectivity index (χ0) is 21.2. The molecule has 1 heterocycles. The minimum Gasteiger partial charge on any atom is -0.345 e. The van der Waals surface area contributed by atoms with Gasteiger partial charge in [-0.1, -0.05) is 17.7 Å². The van der Waals surface area contributed by atoms with Crippen molar-refractivity contribution in [1.82, 2.24) is 9.21 Å². The summed E-state index contributed by atoms with van der Waals surface area (Å²) in [6.45, 7) is 0.974. The molecular formula is C20H22ClN3O4S. The van der Waals surface area contributed by atoms with Gasteiger partial charge < -0.3 is 10.2 Å². The third-order valence-electron chi connectivity index (χ3n) is 4.67. The van der Waals surface area contributed by atoms with Crippen LogP contribution in [0.15, 0.2) is 47.4 Å². The summed E-state index contributed by atoms with van der Waals surface area (Å²) in [6, 6.07) is 10.5. The average molecular weight is 436 g/mol. The Morgan fingerprint density at radius 1 is 1.03 bits per heavy atom. The molecule has 1 saturated heterocycles. The van der Waals surface area contributed by atoms with Gasteiger partial charge in [-0.2, -0.15) is 4.31 Å². The summed E-state index contributed by atoms with van der Waals surface area (Å²) in [7, 11) is -0.373. The molecule has 2 amide bonds. The van der Waals surface area contributed by atoms with Crippen molar-refractivity contribution in [3.05, 3.63) is 58.6 Å². The molecule has 0 unspecified atom stereocenters. The van der Waals surface area contributed by atoms with Crippen LogP contribution in [0.25, 0.3) is 0 Å². The fraction of sp³-hybridized carbons (Fsp3) is 0.300. The number of amides is 2. The maximum absolute atomic E-state index is 12.7. The van der Waals surface area contributed by atoms with Gasteiger partial charge in [0.2, 0.25) is 10.0 Å². The molecule has 0 radical (unpaired) electrons. The highest BCUT2D eigenvalue weighted by atomic mass is 35.5. The molecule has 29 heavy (non-hydrogen) atoms. The van der Waals surface area contributed by atoms with E-state index in [1.165, 1.54) is 45.6 Å². The molecule has 2 aromatic carbocycles. The Morgan fingerprint density at radius 3 is 2.38 bits per heavy atom. The lowest BCUT2D eigenvalue weighted by Crippen LogP contribution is -2.28. The van der Waals surface area contributed by atoms with Gasteiger partial charge in [0.25, 0.3) is 11.8 Å². The van der Waals surface area contributed by atoms with Gasteiger partial charge in [0.1, 0.15) is 0 Å². The van der Waals surface area contributed by atoms with Gasteiger partial charge in [-0.3, -0.25) is 9.59 Å². The third-order valence-corrected chi connectivity index (χ3v) is 6.89. The monoisotopic (exact) mass is 435 g/mol. The molecule has 0 bridgehead atoms. The topological polar surface area (TPSA) is 86.8 Å². The van der Waals surface area contributed by atoms with Crippen LogP contribution in [0.3, 0.4) is 0 Å². The van der Waals surface area contributed by atoms with Crippen molar-refractivity contribution in [1.29, 1.82) is 0 Å². The Kier molecular flexibility index (Phi) is 6.26. The fourth-order valence-corrected chi connectivity index (χ4v) is 4.81. The molecule has 0 saturated carbocycles. The quantitative estimate of drug-likeness (QED) is 0.781. The van der Waals surface area contributed by atoms with Crippen molar-refractivity contribution in [3.8, 4) is 0 Å². The van der Waals surface area contributed by atoms with E-state index in [4.69, 9.17) is 11.6 Å². The van der Waals surface area contributed by atoms with Crippen molar-refractivity contribution >= 4 is 39.1 Å². The molecule has 3 rings (SSSR count). The zero-order valence-electron chi connectivity index (χ0n) is 16.2. The average Bonchev–Trinajstić information content (AvgIpc) is 3.25. The molecule has 1 N–H and O–H groups in total. The number of sulfonamides is 1. The number of benzene rings is 2. The van der Waals surface area contributed by atoms with E-state index < -0.39 is 15.9 Å². The van der Waals surface area contributed by atoms with Crippen LogP contribution < -0.4 is 5.32 Å². The van der Waals surface area contributed by atoms with Crippen molar-refractivity contribution in [2.24, 2.45) is 0 Å². The Hall–Kier alpha value is -2.42. The number of halogens is 1. The molecule has 1 aliphatic heterocycles. The van der Waals surface area contributed by atoms with Gasteiger partial charge in [0.15, 0.2) is 0 Å². The predicted octanol–water partition coefficient (Wildman–Crippen LogP) is 3.08. The molecule has 0 aliphatic carbocycles. The SMILES string of the molecule is CN(C)C(=O)c1ccc(Cl)c(NC(=O)c2cccc(S(=O)(=O)N3CCCC3)c2)c1. The smallest absolute Gasteiger partial charge is 0.255 e. The maximum atomic E-state index is 12.7. The molecule has 0 atom stereocenters. The standard InChI is InChI=1S/C20H22ClN3O4S/c1-23(2)20(26)15-8-9-17(21)18(13-15)22-19(25)14-6-5-7-16(12-14)29(27,28)24-10-3-4-11-24/h5-9,12-13H,3-4,10-11H2,1-2H3,(H,22,25). The van der Waals surface area contributed by atoms with Crippen LogP contribution >= 0.6 is 11.6 Å². The number of hydrogen-bond donors (Lipinski definition) is 1. The van der Waals surface area contributed by atoms with Crippen LogP contribution in [0.5, 0.6) is 0 Å². The first kappa shape index (κ1) is 21.3. The number of carbonyl (C=O) groups excluding carboxylic acids is 2. The summed E-state index contributed by atoms with van der Waals surface area (Å²) < 4.78 is 26.9. The molecule has 154 valence electrons. The van der Waals surface area contributed by atoms with Gasteiger partial charge >= 0.3 is 0 Å². The van der Waals surface area contributed by atoms with E-state index in [0.29, 0.717) is 18.7 Å². The molecule has 7 nitrogen and oxygen atoms in total. The molecule has 2 aromatic rings. The highest BCUT2D eigenvalue weighted by Crippen LogP contribution is 2.25. The van der Waals surface area contributed by atoms with E-state index in [2.05, 4.69) is 5.32 Å². The Labute approximate surface area is 175 Å². The minimum atomic E-state index is -3.63. The van der Waals surface area contributed by atoms with Gasteiger partial charge in [-0.05, 0) is 49.2 Å². The largest absolute Gasteiger partial charge is 0.345 e. The Morgan fingerprint density at radius 2 is 1.72 bits per heavy atom. The van der Waals surface area contributed by atoms with Crippen molar-refractivity contribution in [2.75, 3.05) is 32.5 Å². The van der Waals surface area contributed by atoms with Gasteiger partial charge in [0.05, 0.1) is 15.6 Å². The number of rotatable bonds is 5. The second-order valence-electron chi connectivity index (χ2n) is 6.99. The molecular weight excluding hydrogens is 414 g/mol.